The van der Waals surface area contributed by atoms with Crippen LogP contribution in [-0.2, 0) is 6.54 Å². The summed E-state index contributed by atoms with van der Waals surface area (Å²) < 4.78 is 3.84. The van der Waals surface area contributed by atoms with Crippen LogP contribution in [-0.4, -0.2) is 58.0 Å². The minimum Gasteiger partial charge on any atom is -0.390 e. The molecule has 188 valence electrons. The molecule has 2 fully saturated rings. The molecule has 0 radical (unpaired) electrons. The van der Waals surface area contributed by atoms with E-state index in [0.717, 1.165) is 43.1 Å². The van der Waals surface area contributed by atoms with E-state index in [9.17, 15) is 9.90 Å². The molecule has 2 aliphatic rings. The average molecular weight is 609 g/mol. The second kappa shape index (κ2) is 9.27. The van der Waals surface area contributed by atoms with Crippen LogP contribution in [0.2, 0.25) is 0 Å². The van der Waals surface area contributed by atoms with Crippen LogP contribution in [0.25, 0.3) is 22.3 Å². The Morgan fingerprint density at radius 3 is 2.77 bits per heavy atom. The minimum atomic E-state index is -0.814. The molecular formula is C24H33IN7O2P. The number of carbonyl (C=O) groups excluding carboxylic acids is 1. The van der Waals surface area contributed by atoms with Gasteiger partial charge in [-0.1, -0.05) is 13.8 Å². The molecule has 1 spiro atoms. The number of nitrogens with one attached hydrogen (secondary N) is 1. The Morgan fingerprint density at radius 1 is 1.34 bits per heavy atom. The van der Waals surface area contributed by atoms with E-state index < -0.39 is 5.60 Å². The number of fused-ring (bicyclic) bond motifs is 1. The molecule has 2 unspecified atom stereocenters. The van der Waals surface area contributed by atoms with Crippen LogP contribution in [0.5, 0.6) is 0 Å². The maximum absolute atomic E-state index is 13.6. The molecule has 0 bridgehead atoms. The molecule has 3 aromatic rings. The van der Waals surface area contributed by atoms with E-state index in [1.165, 1.54) is 0 Å². The number of urea groups is 1. The third-order valence-electron chi connectivity index (χ3n) is 7.35. The van der Waals surface area contributed by atoms with E-state index in [-0.39, 0.29) is 17.5 Å². The van der Waals surface area contributed by atoms with E-state index in [4.69, 9.17) is 5.10 Å². The molecule has 2 atom stereocenters. The second-order valence-electron chi connectivity index (χ2n) is 10.9. The van der Waals surface area contributed by atoms with Crippen molar-refractivity contribution >= 4 is 51.0 Å². The molecule has 1 saturated carbocycles. The summed E-state index contributed by atoms with van der Waals surface area (Å²) in [6.07, 6.45) is 9.88. The van der Waals surface area contributed by atoms with Gasteiger partial charge in [-0.15, -0.1) is 0 Å². The van der Waals surface area contributed by atoms with Crippen LogP contribution >= 0.6 is 28.4 Å². The molecule has 3 aromatic heterocycles. The van der Waals surface area contributed by atoms with Gasteiger partial charge in [0.1, 0.15) is 5.69 Å². The number of halogens is 1. The van der Waals surface area contributed by atoms with Gasteiger partial charge in [-0.2, -0.15) is 10.2 Å². The lowest BCUT2D eigenvalue weighted by atomic mass is 9.81. The first-order valence-electron chi connectivity index (χ1n) is 12.2. The highest BCUT2D eigenvalue weighted by Crippen LogP contribution is 2.51. The van der Waals surface area contributed by atoms with Gasteiger partial charge in [0.2, 0.25) is 0 Å². The fraction of sp³-hybridized carbons (Fsp3) is 0.583. The van der Waals surface area contributed by atoms with Crippen molar-refractivity contribution in [3.05, 3.63) is 24.7 Å². The normalized spacial score (nSPS) is 20.0. The number of amides is 2. The molecule has 2 N–H and O–H groups in total. The number of pyridine rings is 1. The smallest absolute Gasteiger partial charge is 0.322 e. The number of nitrogens with zero attached hydrogens (tertiary/aromatic N) is 6. The fourth-order valence-electron chi connectivity index (χ4n) is 5.10. The van der Waals surface area contributed by atoms with Gasteiger partial charge in [0.05, 0.1) is 41.3 Å². The Morgan fingerprint density at radius 2 is 2.11 bits per heavy atom. The predicted octanol–water partition coefficient (Wildman–Crippen LogP) is 5.29. The maximum atomic E-state index is 13.6. The summed E-state index contributed by atoms with van der Waals surface area (Å²) in [5.41, 5.74) is 2.15. The minimum absolute atomic E-state index is 0.0582. The molecule has 35 heavy (non-hydrogen) atoms. The SMILES string of the molecule is CC(C)Cn1ncc2cnc(-c3nn(PI)cc3NC(=O)N3CC(C(C)(C)O)CCC34CC4)cc21. The molecule has 1 aliphatic heterocycles. The third-order valence-corrected chi connectivity index (χ3v) is 9.24. The Bertz CT molecular complexity index is 1240. The molecule has 1 aliphatic carbocycles. The quantitative estimate of drug-likeness (QED) is 0.292. The van der Waals surface area contributed by atoms with Crippen LogP contribution < -0.4 is 5.32 Å². The monoisotopic (exact) mass is 609 g/mol. The summed E-state index contributed by atoms with van der Waals surface area (Å²) in [5, 5.41) is 24.0. The zero-order valence-corrected chi connectivity index (χ0v) is 23.8. The maximum Gasteiger partial charge on any atom is 0.322 e. The fourth-order valence-corrected chi connectivity index (χ4v) is 6.15. The van der Waals surface area contributed by atoms with Crippen LogP contribution in [0.1, 0.15) is 53.4 Å². The number of rotatable bonds is 6. The van der Waals surface area contributed by atoms with Gasteiger partial charge in [0, 0.05) is 36.1 Å². The lowest BCUT2D eigenvalue weighted by molar-refractivity contribution is -0.0243. The standard InChI is InChI=1S/C24H33IN7O2P/c1-15(2)12-31-20-9-18(26-10-16(20)11-27-31)21-19(14-32(29-21)35-25)28-22(33)30-13-17(23(3,4)34)5-6-24(30)7-8-24/h9-11,14-15,17,34-35H,5-8,12-13H2,1-4H3,(H,28,33). The molecule has 2 amide bonds. The second-order valence-corrected chi connectivity index (χ2v) is 13.0. The van der Waals surface area contributed by atoms with Crippen molar-refractivity contribution in [1.82, 2.24) is 29.2 Å². The first kappa shape index (κ1) is 24.9. The lowest BCUT2D eigenvalue weighted by Gasteiger charge is -2.44. The summed E-state index contributed by atoms with van der Waals surface area (Å²) in [7, 11) is 0. The van der Waals surface area contributed by atoms with E-state index in [1.807, 2.05) is 52.5 Å². The van der Waals surface area contributed by atoms with Crippen molar-refractivity contribution in [3.8, 4) is 11.4 Å². The topological polar surface area (TPSA) is 101 Å². The van der Waals surface area contributed by atoms with Crippen molar-refractivity contribution in [2.75, 3.05) is 11.9 Å². The molecule has 4 heterocycles. The average Bonchev–Trinajstić information content (AvgIpc) is 3.27. The van der Waals surface area contributed by atoms with Gasteiger partial charge in [-0.25, -0.2) is 9.25 Å². The summed E-state index contributed by atoms with van der Waals surface area (Å²) in [4.78, 5) is 20.2. The highest BCUT2D eigenvalue weighted by molar-refractivity contribution is 14.2. The van der Waals surface area contributed by atoms with Crippen molar-refractivity contribution in [2.45, 2.75) is 71.1 Å². The summed E-state index contributed by atoms with van der Waals surface area (Å²) in [6.45, 7) is 9.40. The number of piperidine rings is 1. The predicted molar refractivity (Wildman–Crippen MR) is 148 cm³/mol. The first-order valence-corrected chi connectivity index (χ1v) is 16.2. The third kappa shape index (κ3) is 4.93. The Kier molecular flexibility index (Phi) is 6.59. The Hall–Kier alpha value is -1.78. The highest BCUT2D eigenvalue weighted by atomic mass is 127. The van der Waals surface area contributed by atoms with Crippen LogP contribution in [0.15, 0.2) is 24.7 Å². The van der Waals surface area contributed by atoms with Crippen molar-refractivity contribution in [3.63, 3.8) is 0 Å². The van der Waals surface area contributed by atoms with Gasteiger partial charge < -0.3 is 15.3 Å². The number of aromatic nitrogens is 5. The molecule has 1 saturated heterocycles. The van der Waals surface area contributed by atoms with E-state index in [0.29, 0.717) is 35.9 Å². The van der Waals surface area contributed by atoms with Gasteiger partial charge >= 0.3 is 6.03 Å². The number of aliphatic hydroxyl groups is 1. The van der Waals surface area contributed by atoms with Crippen LogP contribution in [0.4, 0.5) is 10.5 Å². The summed E-state index contributed by atoms with van der Waals surface area (Å²) in [6, 6.07) is 1.89. The molecular weight excluding hydrogens is 576 g/mol. The van der Waals surface area contributed by atoms with Crippen molar-refractivity contribution < 1.29 is 9.90 Å². The number of hydrogen-bond donors (Lipinski definition) is 2. The molecule has 5 rings (SSSR count). The van der Waals surface area contributed by atoms with E-state index in [2.05, 4.69) is 51.3 Å². The highest BCUT2D eigenvalue weighted by Gasteiger charge is 2.54. The van der Waals surface area contributed by atoms with Gasteiger partial charge in [-0.3, -0.25) is 9.67 Å². The van der Waals surface area contributed by atoms with Crippen molar-refractivity contribution in [1.29, 1.82) is 0 Å². The number of anilines is 1. The first-order chi connectivity index (χ1) is 16.6. The zero-order valence-electron chi connectivity index (χ0n) is 20.6. The summed E-state index contributed by atoms with van der Waals surface area (Å²) in [5.74, 6) is 0.527. The van der Waals surface area contributed by atoms with Crippen molar-refractivity contribution in [2.24, 2.45) is 11.8 Å². The number of carbonyl (C=O) groups is 1. The number of likely N-dealkylation sites (tertiary alicyclic amines) is 1. The van der Waals surface area contributed by atoms with Gasteiger partial charge in [0.25, 0.3) is 0 Å². The largest absolute Gasteiger partial charge is 0.390 e. The van der Waals surface area contributed by atoms with E-state index >= 15 is 0 Å². The zero-order chi connectivity index (χ0) is 25.0. The molecule has 9 nitrogen and oxygen atoms in total. The lowest BCUT2D eigenvalue weighted by Crippen LogP contribution is -2.54. The van der Waals surface area contributed by atoms with Gasteiger partial charge in [0.15, 0.2) is 0 Å². The number of hydrogen-bond acceptors (Lipinski definition) is 5. The molecule has 11 heteroatoms. The van der Waals surface area contributed by atoms with Crippen LogP contribution in [0, 0.1) is 11.8 Å². The van der Waals surface area contributed by atoms with E-state index in [1.54, 1.807) is 0 Å². The van der Waals surface area contributed by atoms with Gasteiger partial charge in [-0.05, 0) is 73.6 Å². The summed E-state index contributed by atoms with van der Waals surface area (Å²) >= 11 is 2.28. The Labute approximate surface area is 220 Å². The molecule has 0 aromatic carbocycles. The Balaban J connectivity index is 1.45. The van der Waals surface area contributed by atoms with Crippen LogP contribution in [0.3, 0.4) is 0 Å².